The number of benzene rings is 1. The van der Waals surface area contributed by atoms with Gasteiger partial charge in [-0.2, -0.15) is 0 Å². The van der Waals surface area contributed by atoms with Crippen LogP contribution in [-0.2, 0) is 9.53 Å². The fourth-order valence-corrected chi connectivity index (χ4v) is 3.70. The van der Waals surface area contributed by atoms with Crippen LogP contribution in [0.4, 0.5) is 10.1 Å². The van der Waals surface area contributed by atoms with Crippen LogP contribution in [0.25, 0.3) is 0 Å². The van der Waals surface area contributed by atoms with Gasteiger partial charge in [0.25, 0.3) is 11.8 Å². The molecule has 2 amide bonds. The van der Waals surface area contributed by atoms with E-state index < -0.39 is 5.60 Å². The van der Waals surface area contributed by atoms with E-state index in [2.05, 4.69) is 9.97 Å². The van der Waals surface area contributed by atoms with Gasteiger partial charge in [-0.15, -0.1) is 0 Å². The Balaban J connectivity index is 1.45. The monoisotopic (exact) mass is 384 g/mol. The number of carbonyl (C=O) groups excluding carboxylic acids is 2. The molecular weight excluding hydrogens is 363 g/mol. The summed E-state index contributed by atoms with van der Waals surface area (Å²) in [6.07, 6.45) is 4.28. The van der Waals surface area contributed by atoms with Crippen LogP contribution in [0, 0.1) is 12.7 Å². The molecule has 0 N–H and O–H groups in total. The summed E-state index contributed by atoms with van der Waals surface area (Å²) < 4.78 is 19.5. The van der Waals surface area contributed by atoms with Gasteiger partial charge in [-0.1, -0.05) is 6.07 Å². The van der Waals surface area contributed by atoms with E-state index in [-0.39, 0.29) is 24.2 Å². The Bertz CT molecular complexity index is 895. The average molecular weight is 384 g/mol. The van der Waals surface area contributed by atoms with Crippen LogP contribution in [0.2, 0.25) is 0 Å². The van der Waals surface area contributed by atoms with Gasteiger partial charge in [-0.25, -0.2) is 14.4 Å². The van der Waals surface area contributed by atoms with Gasteiger partial charge < -0.3 is 14.5 Å². The standard InChI is InChI=1S/C20H21FN4O3/c1-14-22-10-15(11-23-14)19(27)24-7-5-20(6-8-24)13-25(18(26)12-28-20)17-4-2-3-16(21)9-17/h2-4,9-11H,5-8,12-13H2,1H3. The highest BCUT2D eigenvalue weighted by Gasteiger charge is 2.43. The van der Waals surface area contributed by atoms with Gasteiger partial charge in [-0.3, -0.25) is 9.59 Å². The molecule has 2 aliphatic heterocycles. The van der Waals surface area contributed by atoms with Crippen molar-refractivity contribution in [1.82, 2.24) is 14.9 Å². The summed E-state index contributed by atoms with van der Waals surface area (Å²) in [6.45, 7) is 3.10. The molecule has 2 aliphatic rings. The summed E-state index contributed by atoms with van der Waals surface area (Å²) in [5, 5.41) is 0. The highest BCUT2D eigenvalue weighted by atomic mass is 19.1. The summed E-state index contributed by atoms with van der Waals surface area (Å²) in [5.74, 6) is -0.0614. The molecule has 3 heterocycles. The maximum Gasteiger partial charge on any atom is 0.256 e. The highest BCUT2D eigenvalue weighted by Crippen LogP contribution is 2.33. The number of amides is 2. The third-order valence-corrected chi connectivity index (χ3v) is 5.36. The van der Waals surface area contributed by atoms with Gasteiger partial charge in [0.05, 0.1) is 17.7 Å². The average Bonchev–Trinajstić information content (AvgIpc) is 2.71. The van der Waals surface area contributed by atoms with Crippen molar-refractivity contribution in [1.29, 1.82) is 0 Å². The lowest BCUT2D eigenvalue weighted by atomic mass is 9.88. The Hall–Kier alpha value is -2.87. The summed E-state index contributed by atoms with van der Waals surface area (Å²) in [4.78, 5) is 36.5. The molecule has 28 heavy (non-hydrogen) atoms. The van der Waals surface area contributed by atoms with Crippen molar-refractivity contribution in [2.24, 2.45) is 0 Å². The molecule has 1 aromatic heterocycles. The van der Waals surface area contributed by atoms with Crippen molar-refractivity contribution in [2.45, 2.75) is 25.4 Å². The molecule has 1 aromatic carbocycles. The smallest absolute Gasteiger partial charge is 0.256 e. The van der Waals surface area contributed by atoms with Gasteiger partial charge in [0, 0.05) is 31.2 Å². The minimum atomic E-state index is -0.527. The Morgan fingerprint density at radius 3 is 2.61 bits per heavy atom. The number of ether oxygens (including phenoxy) is 1. The zero-order chi connectivity index (χ0) is 19.7. The number of rotatable bonds is 2. The molecule has 1 spiro atoms. The van der Waals surface area contributed by atoms with Gasteiger partial charge >= 0.3 is 0 Å². The maximum atomic E-state index is 13.6. The summed E-state index contributed by atoms with van der Waals surface area (Å²) in [7, 11) is 0. The molecule has 0 radical (unpaired) electrons. The van der Waals surface area contributed by atoms with E-state index in [1.807, 2.05) is 0 Å². The van der Waals surface area contributed by atoms with Gasteiger partial charge in [0.15, 0.2) is 0 Å². The Kier molecular flexibility index (Phi) is 4.80. The molecule has 4 rings (SSSR count). The zero-order valence-corrected chi connectivity index (χ0v) is 15.6. The van der Waals surface area contributed by atoms with Crippen molar-refractivity contribution in [2.75, 3.05) is 31.1 Å². The summed E-state index contributed by atoms with van der Waals surface area (Å²) in [6, 6.07) is 6.01. The largest absolute Gasteiger partial charge is 0.363 e. The van der Waals surface area contributed by atoms with E-state index >= 15 is 0 Å². The van der Waals surface area contributed by atoms with Crippen LogP contribution in [0.3, 0.4) is 0 Å². The van der Waals surface area contributed by atoms with Crippen LogP contribution in [0.5, 0.6) is 0 Å². The molecule has 8 heteroatoms. The van der Waals surface area contributed by atoms with Crippen LogP contribution in [-0.4, -0.2) is 58.5 Å². The van der Waals surface area contributed by atoms with Crippen molar-refractivity contribution >= 4 is 17.5 Å². The summed E-state index contributed by atoms with van der Waals surface area (Å²) >= 11 is 0. The first-order chi connectivity index (χ1) is 13.5. The van der Waals surface area contributed by atoms with Crippen LogP contribution >= 0.6 is 0 Å². The molecule has 2 saturated heterocycles. The zero-order valence-electron chi connectivity index (χ0n) is 15.6. The number of likely N-dealkylation sites (tertiary alicyclic amines) is 1. The first-order valence-electron chi connectivity index (χ1n) is 9.24. The fraction of sp³-hybridized carbons (Fsp3) is 0.400. The Morgan fingerprint density at radius 2 is 1.93 bits per heavy atom. The molecule has 0 aliphatic carbocycles. The molecule has 2 aromatic rings. The molecule has 0 bridgehead atoms. The number of nitrogens with zero attached hydrogens (tertiary/aromatic N) is 4. The van der Waals surface area contributed by atoms with E-state index in [1.54, 1.807) is 28.9 Å². The first-order valence-corrected chi connectivity index (χ1v) is 9.24. The molecular formula is C20H21FN4O3. The van der Waals surface area contributed by atoms with Crippen LogP contribution in [0.1, 0.15) is 29.0 Å². The topological polar surface area (TPSA) is 75.6 Å². The van der Waals surface area contributed by atoms with Crippen molar-refractivity contribution in [3.63, 3.8) is 0 Å². The van der Waals surface area contributed by atoms with E-state index in [0.29, 0.717) is 49.6 Å². The van der Waals surface area contributed by atoms with E-state index in [0.717, 1.165) is 0 Å². The number of carbonyl (C=O) groups is 2. The van der Waals surface area contributed by atoms with E-state index in [4.69, 9.17) is 4.74 Å². The lowest BCUT2D eigenvalue weighted by Crippen LogP contribution is -2.59. The number of anilines is 1. The van der Waals surface area contributed by atoms with Crippen molar-refractivity contribution < 1.29 is 18.7 Å². The third kappa shape index (κ3) is 3.60. The normalized spacial score (nSPS) is 19.1. The number of aromatic nitrogens is 2. The summed E-state index contributed by atoms with van der Waals surface area (Å²) in [5.41, 5.74) is 0.464. The fourth-order valence-electron chi connectivity index (χ4n) is 3.70. The van der Waals surface area contributed by atoms with Crippen molar-refractivity contribution in [3.8, 4) is 0 Å². The molecule has 0 saturated carbocycles. The SMILES string of the molecule is Cc1ncc(C(=O)N2CCC3(CC2)CN(c2cccc(F)c2)C(=O)CO3)cn1. The number of aryl methyl sites for hydroxylation is 1. The predicted molar refractivity (Wildman–Crippen MR) is 99.3 cm³/mol. The Labute approximate surface area is 162 Å². The number of morpholine rings is 1. The van der Waals surface area contributed by atoms with E-state index in [9.17, 15) is 14.0 Å². The highest BCUT2D eigenvalue weighted by molar-refractivity contribution is 5.95. The van der Waals surface area contributed by atoms with Gasteiger partial charge in [-0.05, 0) is 38.0 Å². The number of halogens is 1. The molecule has 146 valence electrons. The maximum absolute atomic E-state index is 13.6. The van der Waals surface area contributed by atoms with Gasteiger partial charge in [0.1, 0.15) is 18.2 Å². The minimum absolute atomic E-state index is 0.0454. The number of piperidine rings is 1. The van der Waals surface area contributed by atoms with Crippen LogP contribution in [0.15, 0.2) is 36.7 Å². The second-order valence-corrected chi connectivity index (χ2v) is 7.24. The lowest BCUT2D eigenvalue weighted by molar-refractivity contribution is -0.143. The minimum Gasteiger partial charge on any atom is -0.363 e. The molecule has 0 atom stereocenters. The van der Waals surface area contributed by atoms with E-state index in [1.165, 1.54) is 24.5 Å². The Morgan fingerprint density at radius 1 is 1.21 bits per heavy atom. The van der Waals surface area contributed by atoms with Crippen molar-refractivity contribution in [3.05, 3.63) is 53.9 Å². The predicted octanol–water partition coefficient (Wildman–Crippen LogP) is 1.96. The second kappa shape index (κ2) is 7.27. The quantitative estimate of drug-likeness (QED) is 0.791. The number of hydrogen-bond acceptors (Lipinski definition) is 5. The first kappa shape index (κ1) is 18.5. The third-order valence-electron chi connectivity index (χ3n) is 5.36. The van der Waals surface area contributed by atoms with Gasteiger partial charge in [0.2, 0.25) is 0 Å². The molecule has 0 unspecified atom stereocenters. The molecule has 7 nitrogen and oxygen atoms in total. The second-order valence-electron chi connectivity index (χ2n) is 7.24. The lowest BCUT2D eigenvalue weighted by Gasteiger charge is -2.46. The molecule has 2 fully saturated rings. The number of hydrogen-bond donors (Lipinski definition) is 0. The van der Waals surface area contributed by atoms with Crippen LogP contribution < -0.4 is 4.90 Å².